The van der Waals surface area contributed by atoms with Gasteiger partial charge >= 0.3 is 5.95 Å². The molecule has 0 bridgehead atoms. The molecule has 0 fully saturated rings. The first-order valence-electron chi connectivity index (χ1n) is 1.95. The van der Waals surface area contributed by atoms with Crippen molar-refractivity contribution < 1.29 is 4.73 Å². The lowest BCUT2D eigenvalue weighted by Gasteiger charge is -1.94. The Morgan fingerprint density at radius 1 is 1.50 bits per heavy atom. The average molecular weight is 112 g/mol. The fourth-order valence-electron chi connectivity index (χ4n) is 0.295. The van der Waals surface area contributed by atoms with Crippen molar-refractivity contribution in [2.24, 2.45) is 0 Å². The van der Waals surface area contributed by atoms with E-state index in [1.54, 1.807) is 0 Å². The van der Waals surface area contributed by atoms with Crippen molar-refractivity contribution in [2.45, 2.75) is 0 Å². The Balaban J connectivity index is 3.03. The maximum atomic E-state index is 10.2. The van der Waals surface area contributed by atoms with Gasteiger partial charge in [0.2, 0.25) is 12.7 Å². The summed E-state index contributed by atoms with van der Waals surface area (Å²) in [6, 6.07) is 0. The van der Waals surface area contributed by atoms with E-state index in [-0.39, 0.29) is 5.95 Å². The van der Waals surface area contributed by atoms with Crippen molar-refractivity contribution in [2.75, 3.05) is 5.73 Å². The molecule has 0 atom stereocenters. The van der Waals surface area contributed by atoms with Gasteiger partial charge in [0.15, 0.2) is 0 Å². The van der Waals surface area contributed by atoms with E-state index in [4.69, 9.17) is 5.73 Å². The Bertz CT molecular complexity index is 150. The molecule has 42 valence electrons. The van der Waals surface area contributed by atoms with E-state index in [2.05, 4.69) is 9.97 Å². The standard InChI is InChI=1S/C3H4N4O/c4-3-5-1-7(8)2-6-3/h1-2H,(H2,4,5,6). The topological polar surface area (TPSA) is 78.7 Å². The van der Waals surface area contributed by atoms with Gasteiger partial charge in [-0.3, -0.25) is 4.73 Å². The molecule has 5 nitrogen and oxygen atoms in total. The van der Waals surface area contributed by atoms with E-state index in [0.717, 1.165) is 12.7 Å². The van der Waals surface area contributed by atoms with E-state index in [9.17, 15) is 5.21 Å². The number of hydrogen-bond acceptors (Lipinski definition) is 4. The summed E-state index contributed by atoms with van der Waals surface area (Å²) < 4.78 is 0.469. The van der Waals surface area contributed by atoms with E-state index < -0.39 is 0 Å². The molecule has 0 unspecified atom stereocenters. The minimum absolute atomic E-state index is 0.108. The molecule has 5 heteroatoms. The smallest absolute Gasteiger partial charge is 0.371 e. The van der Waals surface area contributed by atoms with Crippen LogP contribution in [0.25, 0.3) is 0 Å². The molecule has 0 saturated carbocycles. The van der Waals surface area contributed by atoms with Crippen LogP contribution in [0.3, 0.4) is 0 Å². The Kier molecular flexibility index (Phi) is 0.957. The highest BCUT2D eigenvalue weighted by Crippen LogP contribution is 1.76. The van der Waals surface area contributed by atoms with Crippen molar-refractivity contribution in [1.82, 2.24) is 9.97 Å². The van der Waals surface area contributed by atoms with Gasteiger partial charge < -0.3 is 10.9 Å². The van der Waals surface area contributed by atoms with Crippen molar-refractivity contribution in [3.63, 3.8) is 0 Å². The van der Waals surface area contributed by atoms with Gasteiger partial charge in [-0.2, -0.15) is 0 Å². The second-order valence-corrected chi connectivity index (χ2v) is 1.21. The predicted octanol–water partition coefficient (Wildman–Crippen LogP) is -1.31. The molecule has 0 aromatic carbocycles. The molecule has 0 aliphatic heterocycles. The summed E-state index contributed by atoms with van der Waals surface area (Å²) in [5, 5.41) is 10.2. The largest absolute Gasteiger partial charge is 0.741 e. The molecule has 1 rings (SSSR count). The molecule has 1 aromatic heterocycles. The number of hydrogen-bond donors (Lipinski definition) is 1. The van der Waals surface area contributed by atoms with Gasteiger partial charge in [-0.25, -0.2) is 0 Å². The Morgan fingerprint density at radius 2 is 2.00 bits per heavy atom. The lowest BCUT2D eigenvalue weighted by atomic mass is 11.0. The zero-order chi connectivity index (χ0) is 5.98. The molecule has 0 spiro atoms. The predicted molar refractivity (Wildman–Crippen MR) is 25.4 cm³/mol. The first-order chi connectivity index (χ1) is 3.79. The Labute approximate surface area is 45.4 Å². The van der Waals surface area contributed by atoms with Gasteiger partial charge in [-0.05, 0) is 0 Å². The summed E-state index contributed by atoms with van der Waals surface area (Å²) in [6.45, 7) is 0. The zero-order valence-corrected chi connectivity index (χ0v) is 3.98. The quantitative estimate of drug-likeness (QED) is 0.334. The number of nitrogen functional groups attached to an aromatic ring is 1. The summed E-state index contributed by atoms with van der Waals surface area (Å²) in [6.07, 6.45) is 2.09. The highest BCUT2D eigenvalue weighted by Gasteiger charge is 1.90. The van der Waals surface area contributed by atoms with Crippen LogP contribution in [-0.2, 0) is 0 Å². The monoisotopic (exact) mass is 112 g/mol. The summed E-state index contributed by atoms with van der Waals surface area (Å²) in [7, 11) is 0. The van der Waals surface area contributed by atoms with Gasteiger partial charge in [0.25, 0.3) is 0 Å². The van der Waals surface area contributed by atoms with Crippen LogP contribution in [-0.4, -0.2) is 9.97 Å². The van der Waals surface area contributed by atoms with E-state index in [0.29, 0.717) is 4.73 Å². The Hall–Kier alpha value is -1.39. The second-order valence-electron chi connectivity index (χ2n) is 1.21. The minimum atomic E-state index is 0.108. The van der Waals surface area contributed by atoms with Crippen LogP contribution in [0.15, 0.2) is 12.7 Å². The molecule has 0 aliphatic rings. The van der Waals surface area contributed by atoms with Gasteiger partial charge in [-0.1, -0.05) is 9.97 Å². The molecule has 1 aromatic rings. The van der Waals surface area contributed by atoms with E-state index in [1.165, 1.54) is 0 Å². The second kappa shape index (κ2) is 1.61. The van der Waals surface area contributed by atoms with Crippen LogP contribution >= 0.6 is 0 Å². The van der Waals surface area contributed by atoms with E-state index >= 15 is 0 Å². The molecule has 8 heavy (non-hydrogen) atoms. The van der Waals surface area contributed by atoms with Crippen molar-refractivity contribution in [1.29, 1.82) is 0 Å². The molecule has 2 N–H and O–H groups in total. The molecule has 0 amide bonds. The summed E-state index contributed by atoms with van der Waals surface area (Å²) in [5.74, 6) is 0.108. The lowest BCUT2D eigenvalue weighted by Crippen LogP contribution is -2.26. The fourth-order valence-corrected chi connectivity index (χ4v) is 0.295. The molecular formula is C3H4N4O. The normalized spacial score (nSPS) is 9.00. The molecule has 1 heterocycles. The summed E-state index contributed by atoms with van der Waals surface area (Å²) in [4.78, 5) is 6.79. The van der Waals surface area contributed by atoms with E-state index in [1.807, 2.05) is 0 Å². The van der Waals surface area contributed by atoms with Gasteiger partial charge in [0, 0.05) is 0 Å². The van der Waals surface area contributed by atoms with Crippen LogP contribution in [0.1, 0.15) is 0 Å². The van der Waals surface area contributed by atoms with Crippen molar-refractivity contribution >= 4 is 5.95 Å². The van der Waals surface area contributed by atoms with Crippen LogP contribution in [0.2, 0.25) is 0 Å². The number of rotatable bonds is 0. The lowest BCUT2D eigenvalue weighted by molar-refractivity contribution is -0.612. The molecule has 0 saturated heterocycles. The third-order valence-corrected chi connectivity index (χ3v) is 0.608. The van der Waals surface area contributed by atoms with Crippen molar-refractivity contribution in [3.05, 3.63) is 17.9 Å². The fraction of sp³-hybridized carbons (Fsp3) is 0. The van der Waals surface area contributed by atoms with Crippen molar-refractivity contribution in [3.8, 4) is 0 Å². The summed E-state index contributed by atoms with van der Waals surface area (Å²) in [5.41, 5.74) is 5.05. The minimum Gasteiger partial charge on any atom is -0.741 e. The number of anilines is 1. The van der Waals surface area contributed by atoms with Crippen LogP contribution in [0.4, 0.5) is 5.95 Å². The zero-order valence-electron chi connectivity index (χ0n) is 3.98. The number of nitrogens with zero attached hydrogens (tertiary/aromatic N) is 3. The van der Waals surface area contributed by atoms with Gasteiger partial charge in [0.05, 0.1) is 0 Å². The maximum Gasteiger partial charge on any atom is 0.371 e. The molecular weight excluding hydrogens is 108 g/mol. The first kappa shape index (κ1) is 4.76. The Morgan fingerprint density at radius 3 is 2.38 bits per heavy atom. The van der Waals surface area contributed by atoms with Crippen LogP contribution in [0.5, 0.6) is 0 Å². The first-order valence-corrected chi connectivity index (χ1v) is 1.95. The van der Waals surface area contributed by atoms with Crippen LogP contribution in [0, 0.1) is 5.21 Å². The third-order valence-electron chi connectivity index (χ3n) is 0.608. The highest BCUT2D eigenvalue weighted by molar-refractivity contribution is 5.07. The summed E-state index contributed by atoms with van der Waals surface area (Å²) >= 11 is 0. The van der Waals surface area contributed by atoms with Gasteiger partial charge in [-0.15, -0.1) is 0 Å². The maximum absolute atomic E-state index is 10.2. The third kappa shape index (κ3) is 0.810. The van der Waals surface area contributed by atoms with Gasteiger partial charge in [0.1, 0.15) is 0 Å². The highest BCUT2D eigenvalue weighted by atomic mass is 16.5. The number of aromatic nitrogens is 3. The molecule has 0 aliphatic carbocycles. The molecule has 0 radical (unpaired) electrons. The number of nitrogens with two attached hydrogens (primary N) is 1. The average Bonchev–Trinajstić information content (AvgIpc) is 1.77. The SMILES string of the molecule is Nc1nc[n+]([O-])cn1. The van der Waals surface area contributed by atoms with Crippen LogP contribution < -0.4 is 10.5 Å².